The summed E-state index contributed by atoms with van der Waals surface area (Å²) in [5, 5.41) is 10.3. The van der Waals surface area contributed by atoms with Gasteiger partial charge in [0.1, 0.15) is 0 Å². The van der Waals surface area contributed by atoms with Crippen molar-refractivity contribution < 1.29 is 4.79 Å². The largest absolute Gasteiger partial charge is 0.321 e. The van der Waals surface area contributed by atoms with E-state index in [-0.39, 0.29) is 11.6 Å². The first-order valence-corrected chi connectivity index (χ1v) is 5.93. The molecule has 0 radical (unpaired) electrons. The van der Waals surface area contributed by atoms with E-state index in [0.29, 0.717) is 5.82 Å². The topological polar surface area (TPSA) is 92.9 Å². The summed E-state index contributed by atoms with van der Waals surface area (Å²) in [7, 11) is 0. The highest BCUT2D eigenvalue weighted by Gasteiger charge is 2.08. The number of hydrogen-bond acceptors (Lipinski definition) is 5. The fourth-order valence-electron chi connectivity index (χ4n) is 1.59. The molecule has 0 spiro atoms. The van der Waals surface area contributed by atoms with Gasteiger partial charge in [-0.05, 0) is 36.2 Å². The van der Waals surface area contributed by atoms with Crippen molar-refractivity contribution >= 4 is 17.4 Å². The van der Waals surface area contributed by atoms with Crippen molar-refractivity contribution in [3.05, 3.63) is 47.7 Å². The van der Waals surface area contributed by atoms with Crippen LogP contribution in [0.4, 0.5) is 11.5 Å². The number of nitrogen functional groups attached to an aromatic ring is 1. The van der Waals surface area contributed by atoms with Crippen LogP contribution in [0.1, 0.15) is 23.0 Å². The van der Waals surface area contributed by atoms with Crippen LogP contribution in [-0.4, -0.2) is 16.1 Å². The highest BCUT2D eigenvalue weighted by molar-refractivity contribution is 6.02. The third kappa shape index (κ3) is 3.26. The summed E-state index contributed by atoms with van der Waals surface area (Å²) < 4.78 is 0. The predicted octanol–water partition coefficient (Wildman–Crippen LogP) is 1.58. The van der Waals surface area contributed by atoms with Crippen molar-refractivity contribution in [2.75, 3.05) is 10.7 Å². The summed E-state index contributed by atoms with van der Waals surface area (Å²) in [5.41, 5.74) is 4.49. The number of carbonyl (C=O) groups excluding carboxylic acids is 1. The lowest BCUT2D eigenvalue weighted by atomic mass is 10.1. The number of amides is 1. The van der Waals surface area contributed by atoms with Gasteiger partial charge in [0.15, 0.2) is 11.5 Å². The van der Waals surface area contributed by atoms with Crippen molar-refractivity contribution in [2.24, 2.45) is 5.84 Å². The van der Waals surface area contributed by atoms with Crippen LogP contribution in [0.2, 0.25) is 0 Å². The van der Waals surface area contributed by atoms with Crippen LogP contribution in [0.3, 0.4) is 0 Å². The van der Waals surface area contributed by atoms with Crippen molar-refractivity contribution in [3.63, 3.8) is 0 Å². The zero-order chi connectivity index (χ0) is 13.7. The Kier molecular flexibility index (Phi) is 4.04. The molecular formula is C13H15N5O. The van der Waals surface area contributed by atoms with Crippen LogP contribution >= 0.6 is 0 Å². The molecular weight excluding hydrogens is 242 g/mol. The van der Waals surface area contributed by atoms with E-state index in [1.165, 1.54) is 0 Å². The number of nitrogens with one attached hydrogen (secondary N) is 2. The number of hydrazine groups is 1. The fourth-order valence-corrected chi connectivity index (χ4v) is 1.59. The second kappa shape index (κ2) is 5.92. The SMILES string of the molecule is CCc1cccc(NC(=O)c2ccc(NN)nn2)c1. The summed E-state index contributed by atoms with van der Waals surface area (Å²) >= 11 is 0. The van der Waals surface area contributed by atoms with E-state index < -0.39 is 0 Å². The molecule has 0 saturated carbocycles. The molecule has 0 fully saturated rings. The van der Waals surface area contributed by atoms with E-state index in [1.807, 2.05) is 24.3 Å². The first-order valence-electron chi connectivity index (χ1n) is 5.93. The molecule has 1 heterocycles. The summed E-state index contributed by atoms with van der Waals surface area (Å²) in [4.78, 5) is 11.9. The minimum atomic E-state index is -0.302. The second-order valence-electron chi connectivity index (χ2n) is 3.96. The number of aryl methyl sites for hydroxylation is 1. The summed E-state index contributed by atoms with van der Waals surface area (Å²) in [6.45, 7) is 2.06. The lowest BCUT2D eigenvalue weighted by Crippen LogP contribution is -2.16. The Morgan fingerprint density at radius 2 is 2.11 bits per heavy atom. The smallest absolute Gasteiger partial charge is 0.276 e. The van der Waals surface area contributed by atoms with Crippen molar-refractivity contribution in [2.45, 2.75) is 13.3 Å². The van der Waals surface area contributed by atoms with Crippen LogP contribution in [0.15, 0.2) is 36.4 Å². The maximum atomic E-state index is 11.9. The fraction of sp³-hybridized carbons (Fsp3) is 0.154. The molecule has 0 atom stereocenters. The summed E-state index contributed by atoms with van der Waals surface area (Å²) in [6, 6.07) is 10.8. The van der Waals surface area contributed by atoms with Gasteiger partial charge in [-0.3, -0.25) is 4.79 Å². The Hall–Kier alpha value is -2.47. The molecule has 1 amide bonds. The first-order chi connectivity index (χ1) is 9.22. The number of benzene rings is 1. The van der Waals surface area contributed by atoms with E-state index in [2.05, 4.69) is 27.9 Å². The van der Waals surface area contributed by atoms with Gasteiger partial charge in [-0.2, -0.15) is 0 Å². The normalized spacial score (nSPS) is 10.0. The van der Waals surface area contributed by atoms with E-state index in [4.69, 9.17) is 5.84 Å². The third-order valence-electron chi connectivity index (χ3n) is 2.64. The van der Waals surface area contributed by atoms with Gasteiger partial charge in [0.2, 0.25) is 0 Å². The average molecular weight is 257 g/mol. The standard InChI is InChI=1S/C13H15N5O/c1-2-9-4-3-5-10(8-9)15-13(19)11-6-7-12(16-14)18-17-11/h3-8H,2,14H2,1H3,(H,15,19)(H,16,18). The zero-order valence-electron chi connectivity index (χ0n) is 10.6. The van der Waals surface area contributed by atoms with Gasteiger partial charge in [0, 0.05) is 5.69 Å². The van der Waals surface area contributed by atoms with Gasteiger partial charge in [-0.1, -0.05) is 19.1 Å². The molecule has 19 heavy (non-hydrogen) atoms. The molecule has 1 aromatic carbocycles. The van der Waals surface area contributed by atoms with Crippen LogP contribution in [0.5, 0.6) is 0 Å². The maximum Gasteiger partial charge on any atom is 0.276 e. The molecule has 4 N–H and O–H groups in total. The molecule has 1 aromatic heterocycles. The number of hydrogen-bond donors (Lipinski definition) is 3. The minimum Gasteiger partial charge on any atom is -0.321 e. The van der Waals surface area contributed by atoms with Crippen LogP contribution in [0, 0.1) is 0 Å². The third-order valence-corrected chi connectivity index (χ3v) is 2.64. The minimum absolute atomic E-state index is 0.237. The van der Waals surface area contributed by atoms with Crippen LogP contribution in [0.25, 0.3) is 0 Å². The maximum absolute atomic E-state index is 11.9. The zero-order valence-corrected chi connectivity index (χ0v) is 10.6. The Morgan fingerprint density at radius 3 is 2.74 bits per heavy atom. The molecule has 6 heteroatoms. The molecule has 2 aromatic rings. The summed E-state index contributed by atoms with van der Waals surface area (Å²) in [6.07, 6.45) is 0.917. The van der Waals surface area contributed by atoms with Crippen LogP contribution < -0.4 is 16.6 Å². The number of anilines is 2. The highest BCUT2D eigenvalue weighted by atomic mass is 16.1. The van der Waals surface area contributed by atoms with Gasteiger partial charge in [-0.25, -0.2) is 5.84 Å². The molecule has 0 saturated heterocycles. The lowest BCUT2D eigenvalue weighted by molar-refractivity contribution is 0.102. The van der Waals surface area contributed by atoms with Crippen molar-refractivity contribution in [1.82, 2.24) is 10.2 Å². The quantitative estimate of drug-likeness (QED) is 0.571. The monoisotopic (exact) mass is 257 g/mol. The first kappa shape index (κ1) is 13.0. The Morgan fingerprint density at radius 1 is 1.26 bits per heavy atom. The molecule has 6 nitrogen and oxygen atoms in total. The highest BCUT2D eigenvalue weighted by Crippen LogP contribution is 2.12. The molecule has 0 aliphatic heterocycles. The van der Waals surface area contributed by atoms with E-state index in [1.54, 1.807) is 12.1 Å². The van der Waals surface area contributed by atoms with Crippen molar-refractivity contribution in [1.29, 1.82) is 0 Å². The van der Waals surface area contributed by atoms with Gasteiger partial charge in [0.05, 0.1) is 0 Å². The molecule has 2 rings (SSSR count). The lowest BCUT2D eigenvalue weighted by Gasteiger charge is -2.06. The average Bonchev–Trinajstić information content (AvgIpc) is 2.47. The summed E-state index contributed by atoms with van der Waals surface area (Å²) in [5.74, 6) is 5.28. The second-order valence-corrected chi connectivity index (χ2v) is 3.96. The molecule has 0 bridgehead atoms. The van der Waals surface area contributed by atoms with E-state index in [0.717, 1.165) is 17.7 Å². The Labute approximate surface area is 111 Å². The number of nitrogens with zero attached hydrogens (tertiary/aromatic N) is 2. The van der Waals surface area contributed by atoms with Gasteiger partial charge < -0.3 is 10.7 Å². The van der Waals surface area contributed by atoms with Crippen molar-refractivity contribution in [3.8, 4) is 0 Å². The van der Waals surface area contributed by atoms with Gasteiger partial charge in [0.25, 0.3) is 5.91 Å². The molecule has 0 aliphatic rings. The number of aromatic nitrogens is 2. The number of rotatable bonds is 4. The van der Waals surface area contributed by atoms with E-state index >= 15 is 0 Å². The number of nitrogens with two attached hydrogens (primary N) is 1. The van der Waals surface area contributed by atoms with Crippen LogP contribution in [-0.2, 0) is 6.42 Å². The molecule has 0 unspecified atom stereocenters. The molecule has 98 valence electrons. The van der Waals surface area contributed by atoms with E-state index in [9.17, 15) is 4.79 Å². The number of carbonyl (C=O) groups is 1. The molecule has 0 aliphatic carbocycles. The van der Waals surface area contributed by atoms with Gasteiger partial charge >= 0.3 is 0 Å². The Bertz CT molecular complexity index is 568. The Balaban J connectivity index is 2.11. The predicted molar refractivity (Wildman–Crippen MR) is 73.6 cm³/mol. The van der Waals surface area contributed by atoms with Gasteiger partial charge in [-0.15, -0.1) is 10.2 Å².